The molecule has 0 saturated heterocycles. The standard InChI is InChI=1S/C11H16N4O/c1-11(5-2-6-11)7-13-9-4-3-8(10(12)16)14-15-9/h3-4H,2,5-7H2,1H3,(H2,12,16)(H,13,15). The molecule has 1 aromatic heterocycles. The summed E-state index contributed by atoms with van der Waals surface area (Å²) in [4.78, 5) is 10.8. The zero-order valence-corrected chi connectivity index (χ0v) is 9.36. The predicted molar refractivity (Wildman–Crippen MR) is 61.0 cm³/mol. The molecular formula is C11H16N4O. The van der Waals surface area contributed by atoms with Crippen LogP contribution >= 0.6 is 0 Å². The van der Waals surface area contributed by atoms with Crippen LogP contribution < -0.4 is 11.1 Å². The van der Waals surface area contributed by atoms with E-state index in [-0.39, 0.29) is 5.69 Å². The Morgan fingerprint density at radius 1 is 1.50 bits per heavy atom. The molecule has 2 rings (SSSR count). The number of hydrogen-bond donors (Lipinski definition) is 2. The van der Waals surface area contributed by atoms with E-state index in [0.717, 1.165) is 6.54 Å². The van der Waals surface area contributed by atoms with E-state index in [1.54, 1.807) is 12.1 Å². The molecule has 0 aliphatic heterocycles. The van der Waals surface area contributed by atoms with Gasteiger partial charge < -0.3 is 11.1 Å². The lowest BCUT2D eigenvalue weighted by Crippen LogP contribution is -2.33. The molecule has 5 nitrogen and oxygen atoms in total. The zero-order chi connectivity index (χ0) is 11.6. The van der Waals surface area contributed by atoms with Crippen LogP contribution in [0.4, 0.5) is 5.82 Å². The molecule has 1 heterocycles. The zero-order valence-electron chi connectivity index (χ0n) is 9.36. The van der Waals surface area contributed by atoms with Crippen LogP contribution in [0.2, 0.25) is 0 Å². The molecule has 0 spiro atoms. The summed E-state index contributed by atoms with van der Waals surface area (Å²) in [6, 6.07) is 3.32. The summed E-state index contributed by atoms with van der Waals surface area (Å²) < 4.78 is 0. The number of amides is 1. The number of primary amides is 1. The minimum Gasteiger partial charge on any atom is -0.368 e. The minimum atomic E-state index is -0.551. The molecule has 1 aromatic rings. The van der Waals surface area contributed by atoms with Gasteiger partial charge in [0, 0.05) is 6.54 Å². The Labute approximate surface area is 94.4 Å². The normalized spacial score (nSPS) is 17.6. The molecule has 5 heteroatoms. The molecule has 0 aromatic carbocycles. The lowest BCUT2D eigenvalue weighted by Gasteiger charge is -2.38. The van der Waals surface area contributed by atoms with Crippen molar-refractivity contribution in [1.82, 2.24) is 10.2 Å². The van der Waals surface area contributed by atoms with Crippen molar-refractivity contribution < 1.29 is 4.79 Å². The van der Waals surface area contributed by atoms with E-state index in [1.165, 1.54) is 19.3 Å². The maximum Gasteiger partial charge on any atom is 0.269 e. The van der Waals surface area contributed by atoms with Crippen molar-refractivity contribution >= 4 is 11.7 Å². The molecular weight excluding hydrogens is 204 g/mol. The van der Waals surface area contributed by atoms with Gasteiger partial charge in [-0.3, -0.25) is 4.79 Å². The molecule has 86 valence electrons. The fourth-order valence-corrected chi connectivity index (χ4v) is 1.82. The van der Waals surface area contributed by atoms with Gasteiger partial charge in [0.05, 0.1) is 0 Å². The molecule has 0 radical (unpaired) electrons. The Morgan fingerprint density at radius 3 is 2.69 bits per heavy atom. The Balaban J connectivity index is 1.92. The highest BCUT2D eigenvalue weighted by Gasteiger charge is 2.31. The number of rotatable bonds is 4. The molecule has 0 bridgehead atoms. The summed E-state index contributed by atoms with van der Waals surface area (Å²) in [6.07, 6.45) is 3.82. The number of nitrogens with two attached hydrogens (primary N) is 1. The molecule has 0 unspecified atom stereocenters. The fraction of sp³-hybridized carbons (Fsp3) is 0.545. The maximum absolute atomic E-state index is 10.8. The first-order chi connectivity index (χ1) is 7.59. The molecule has 1 fully saturated rings. The van der Waals surface area contributed by atoms with E-state index < -0.39 is 5.91 Å². The van der Waals surface area contributed by atoms with Crippen molar-refractivity contribution in [3.05, 3.63) is 17.8 Å². The molecule has 16 heavy (non-hydrogen) atoms. The minimum absolute atomic E-state index is 0.195. The van der Waals surface area contributed by atoms with Crippen LogP contribution in [-0.4, -0.2) is 22.6 Å². The van der Waals surface area contributed by atoms with E-state index in [2.05, 4.69) is 22.4 Å². The van der Waals surface area contributed by atoms with Crippen LogP contribution in [-0.2, 0) is 0 Å². The number of carbonyl (C=O) groups is 1. The van der Waals surface area contributed by atoms with Crippen LogP contribution in [0.15, 0.2) is 12.1 Å². The highest BCUT2D eigenvalue weighted by atomic mass is 16.1. The smallest absolute Gasteiger partial charge is 0.269 e. The van der Waals surface area contributed by atoms with Crippen LogP contribution in [0.1, 0.15) is 36.7 Å². The third-order valence-electron chi connectivity index (χ3n) is 3.17. The van der Waals surface area contributed by atoms with Gasteiger partial charge in [-0.15, -0.1) is 10.2 Å². The van der Waals surface area contributed by atoms with Crippen LogP contribution in [0.3, 0.4) is 0 Å². The number of nitrogens with zero attached hydrogens (tertiary/aromatic N) is 2. The summed E-state index contributed by atoms with van der Waals surface area (Å²) in [5, 5.41) is 10.9. The van der Waals surface area contributed by atoms with Crippen LogP contribution in [0.25, 0.3) is 0 Å². The molecule has 1 aliphatic carbocycles. The summed E-state index contributed by atoms with van der Waals surface area (Å²) in [6.45, 7) is 3.16. The van der Waals surface area contributed by atoms with Gasteiger partial charge in [0.2, 0.25) is 0 Å². The number of nitrogens with one attached hydrogen (secondary N) is 1. The lowest BCUT2D eigenvalue weighted by atomic mass is 9.70. The topological polar surface area (TPSA) is 80.9 Å². The number of aromatic nitrogens is 2. The fourth-order valence-electron chi connectivity index (χ4n) is 1.82. The molecule has 0 atom stereocenters. The highest BCUT2D eigenvalue weighted by molar-refractivity contribution is 5.90. The highest BCUT2D eigenvalue weighted by Crippen LogP contribution is 2.39. The predicted octanol–water partition coefficient (Wildman–Crippen LogP) is 1.18. The first-order valence-corrected chi connectivity index (χ1v) is 5.46. The Morgan fingerprint density at radius 2 is 2.25 bits per heavy atom. The first kappa shape index (κ1) is 10.9. The van der Waals surface area contributed by atoms with Crippen molar-refractivity contribution in [3.63, 3.8) is 0 Å². The third-order valence-corrected chi connectivity index (χ3v) is 3.17. The van der Waals surface area contributed by atoms with Gasteiger partial charge in [0.15, 0.2) is 5.69 Å². The number of hydrogen-bond acceptors (Lipinski definition) is 4. The largest absolute Gasteiger partial charge is 0.368 e. The van der Waals surface area contributed by atoms with Crippen molar-refractivity contribution in [2.24, 2.45) is 11.1 Å². The molecule has 1 saturated carbocycles. The Bertz CT molecular complexity index is 383. The Kier molecular flexibility index (Phi) is 2.77. The number of anilines is 1. The van der Waals surface area contributed by atoms with Gasteiger partial charge in [-0.1, -0.05) is 13.3 Å². The second-order valence-electron chi connectivity index (χ2n) is 4.69. The van der Waals surface area contributed by atoms with Gasteiger partial charge >= 0.3 is 0 Å². The van der Waals surface area contributed by atoms with Gasteiger partial charge in [-0.2, -0.15) is 0 Å². The van der Waals surface area contributed by atoms with Crippen LogP contribution in [0.5, 0.6) is 0 Å². The van der Waals surface area contributed by atoms with E-state index in [9.17, 15) is 4.79 Å². The van der Waals surface area contributed by atoms with Gasteiger partial charge in [-0.05, 0) is 30.4 Å². The molecule has 1 aliphatic rings. The summed E-state index contributed by atoms with van der Waals surface area (Å²) in [5.74, 6) is 0.142. The van der Waals surface area contributed by atoms with Crippen molar-refractivity contribution in [3.8, 4) is 0 Å². The number of carbonyl (C=O) groups excluding carboxylic acids is 1. The van der Waals surface area contributed by atoms with E-state index >= 15 is 0 Å². The second kappa shape index (κ2) is 4.08. The van der Waals surface area contributed by atoms with Crippen LogP contribution in [0, 0.1) is 5.41 Å². The summed E-state index contributed by atoms with van der Waals surface area (Å²) >= 11 is 0. The second-order valence-corrected chi connectivity index (χ2v) is 4.69. The van der Waals surface area contributed by atoms with Crippen molar-refractivity contribution in [2.45, 2.75) is 26.2 Å². The average Bonchev–Trinajstić information content (AvgIpc) is 2.24. The Hall–Kier alpha value is -1.65. The SMILES string of the molecule is CC1(CNc2ccc(C(N)=O)nn2)CCC1. The molecule has 1 amide bonds. The third kappa shape index (κ3) is 2.29. The summed E-state index contributed by atoms with van der Waals surface area (Å²) in [7, 11) is 0. The van der Waals surface area contributed by atoms with Gasteiger partial charge in [0.1, 0.15) is 5.82 Å². The monoisotopic (exact) mass is 220 g/mol. The maximum atomic E-state index is 10.8. The van der Waals surface area contributed by atoms with E-state index in [1.807, 2.05) is 0 Å². The van der Waals surface area contributed by atoms with E-state index in [0.29, 0.717) is 11.2 Å². The first-order valence-electron chi connectivity index (χ1n) is 5.46. The van der Waals surface area contributed by atoms with E-state index in [4.69, 9.17) is 5.73 Å². The molecule has 3 N–H and O–H groups in total. The average molecular weight is 220 g/mol. The van der Waals surface area contributed by atoms with Crippen molar-refractivity contribution in [2.75, 3.05) is 11.9 Å². The van der Waals surface area contributed by atoms with Crippen molar-refractivity contribution in [1.29, 1.82) is 0 Å². The summed E-state index contributed by atoms with van der Waals surface area (Å²) in [5.41, 5.74) is 5.66. The van der Waals surface area contributed by atoms with Gasteiger partial charge in [0.25, 0.3) is 5.91 Å². The quantitative estimate of drug-likeness (QED) is 0.798. The lowest BCUT2D eigenvalue weighted by molar-refractivity contribution is 0.0994. The van der Waals surface area contributed by atoms with Gasteiger partial charge in [-0.25, -0.2) is 0 Å².